The molecule has 0 aromatic heterocycles. The van der Waals surface area contributed by atoms with E-state index in [-0.39, 0.29) is 11.1 Å². The summed E-state index contributed by atoms with van der Waals surface area (Å²) in [4.78, 5) is 25.9. The number of alkyl halides is 3. The van der Waals surface area contributed by atoms with Gasteiger partial charge < -0.3 is 9.47 Å². The molecule has 41 heavy (non-hydrogen) atoms. The van der Waals surface area contributed by atoms with Crippen LogP contribution in [0.25, 0.3) is 10.8 Å². The van der Waals surface area contributed by atoms with Gasteiger partial charge in [0.1, 0.15) is 6.10 Å². The fraction of sp³-hybridized carbons (Fsp3) is 0.294. The van der Waals surface area contributed by atoms with Crippen LogP contribution in [0, 0.1) is 0 Å². The van der Waals surface area contributed by atoms with Crippen molar-refractivity contribution >= 4 is 22.7 Å². The molecule has 0 aliphatic heterocycles. The highest BCUT2D eigenvalue weighted by Crippen LogP contribution is 2.35. The van der Waals surface area contributed by atoms with Crippen LogP contribution in [0.2, 0.25) is 0 Å². The Hall–Kier alpha value is -4.13. The second kappa shape index (κ2) is 13.5. The number of aryl methyl sites for hydroxylation is 2. The number of fused-ring (bicyclic) bond motifs is 1. The van der Waals surface area contributed by atoms with Crippen LogP contribution >= 0.6 is 0 Å². The SMILES string of the molecule is CCCc1ccc(C(=O)OC(CC(OC(=O)c2ccc(CCC)cc2)C(F)(F)F)c2ccc3ccccc3c2)cc1. The molecule has 2 atom stereocenters. The maximum atomic E-state index is 14.2. The lowest BCUT2D eigenvalue weighted by molar-refractivity contribution is -0.211. The van der Waals surface area contributed by atoms with Crippen LogP contribution in [-0.2, 0) is 22.3 Å². The van der Waals surface area contributed by atoms with Crippen LogP contribution in [0.1, 0.15) is 76.6 Å². The van der Waals surface area contributed by atoms with Gasteiger partial charge in [-0.2, -0.15) is 13.2 Å². The van der Waals surface area contributed by atoms with Gasteiger partial charge in [0.15, 0.2) is 0 Å². The third-order valence-electron chi connectivity index (χ3n) is 6.89. The fourth-order valence-electron chi connectivity index (χ4n) is 4.69. The maximum Gasteiger partial charge on any atom is 0.425 e. The molecule has 2 unspecified atom stereocenters. The van der Waals surface area contributed by atoms with Gasteiger partial charge in [0.25, 0.3) is 0 Å². The Balaban J connectivity index is 1.61. The van der Waals surface area contributed by atoms with Crippen molar-refractivity contribution in [2.75, 3.05) is 0 Å². The van der Waals surface area contributed by atoms with E-state index in [1.54, 1.807) is 54.6 Å². The lowest BCUT2D eigenvalue weighted by Crippen LogP contribution is -2.36. The number of halogens is 3. The van der Waals surface area contributed by atoms with Gasteiger partial charge >= 0.3 is 18.1 Å². The van der Waals surface area contributed by atoms with Gasteiger partial charge in [-0.05, 0) is 70.6 Å². The lowest BCUT2D eigenvalue weighted by atomic mass is 9.99. The van der Waals surface area contributed by atoms with E-state index in [4.69, 9.17) is 9.47 Å². The van der Waals surface area contributed by atoms with Crippen molar-refractivity contribution < 1.29 is 32.2 Å². The van der Waals surface area contributed by atoms with Crippen LogP contribution in [0.15, 0.2) is 91.0 Å². The minimum absolute atomic E-state index is 0.0190. The van der Waals surface area contributed by atoms with Crippen molar-refractivity contribution in [3.05, 3.63) is 119 Å². The Labute approximate surface area is 238 Å². The van der Waals surface area contributed by atoms with E-state index < -0.39 is 36.7 Å². The molecule has 4 rings (SSSR count). The van der Waals surface area contributed by atoms with Crippen LogP contribution in [-0.4, -0.2) is 24.2 Å². The zero-order chi connectivity index (χ0) is 29.4. The molecule has 0 saturated heterocycles. The van der Waals surface area contributed by atoms with Crippen molar-refractivity contribution in [2.24, 2.45) is 0 Å². The first-order valence-electron chi connectivity index (χ1n) is 13.8. The molecule has 4 nitrogen and oxygen atoms in total. The summed E-state index contributed by atoms with van der Waals surface area (Å²) in [6, 6.07) is 25.6. The molecule has 0 fully saturated rings. The molecule has 0 amide bonds. The molecule has 0 N–H and O–H groups in total. The van der Waals surface area contributed by atoms with Gasteiger partial charge in [-0.1, -0.05) is 87.4 Å². The standard InChI is InChI=1S/C34H33F3O4/c1-3-7-23-11-15-26(16-12-23)32(38)40-30(29-20-19-25-9-5-6-10-28(25)21-29)22-31(34(35,36)37)41-33(39)27-17-13-24(8-4-2)14-18-27/h5-6,9-21,30-31H,3-4,7-8,22H2,1-2H3. The number of hydrogen-bond donors (Lipinski definition) is 0. The average Bonchev–Trinajstić information content (AvgIpc) is 2.96. The normalized spacial score (nSPS) is 13.0. The molecular formula is C34H33F3O4. The number of esters is 2. The number of hydrogen-bond acceptors (Lipinski definition) is 4. The molecule has 214 valence electrons. The molecular weight excluding hydrogens is 529 g/mol. The van der Waals surface area contributed by atoms with Crippen LogP contribution < -0.4 is 0 Å². The maximum absolute atomic E-state index is 14.2. The summed E-state index contributed by atoms with van der Waals surface area (Å²) in [6.45, 7) is 4.05. The van der Waals surface area contributed by atoms with E-state index >= 15 is 0 Å². The van der Waals surface area contributed by atoms with Gasteiger partial charge in [-0.3, -0.25) is 0 Å². The third kappa shape index (κ3) is 7.97. The summed E-state index contributed by atoms with van der Waals surface area (Å²) in [6.07, 6.45) is -6.03. The van der Waals surface area contributed by atoms with Crippen molar-refractivity contribution in [3.63, 3.8) is 0 Å². The predicted molar refractivity (Wildman–Crippen MR) is 153 cm³/mol. The molecule has 0 bridgehead atoms. The van der Waals surface area contributed by atoms with E-state index in [1.165, 1.54) is 12.1 Å². The molecule has 0 heterocycles. The summed E-state index contributed by atoms with van der Waals surface area (Å²) < 4.78 is 53.5. The minimum atomic E-state index is -4.89. The summed E-state index contributed by atoms with van der Waals surface area (Å²) in [5.74, 6) is -1.85. The highest BCUT2D eigenvalue weighted by atomic mass is 19.4. The van der Waals surface area contributed by atoms with Gasteiger partial charge in [0, 0.05) is 6.42 Å². The first kappa shape index (κ1) is 29.8. The molecule has 4 aromatic rings. The largest absolute Gasteiger partial charge is 0.454 e. The minimum Gasteiger partial charge on any atom is -0.454 e. The highest BCUT2D eigenvalue weighted by molar-refractivity contribution is 5.90. The molecule has 0 aliphatic carbocycles. The Morgan fingerprint density at radius 3 is 1.71 bits per heavy atom. The van der Waals surface area contributed by atoms with Crippen molar-refractivity contribution in [1.82, 2.24) is 0 Å². The molecule has 0 spiro atoms. The van der Waals surface area contributed by atoms with Crippen LogP contribution in [0.3, 0.4) is 0 Å². The van der Waals surface area contributed by atoms with Crippen molar-refractivity contribution in [3.8, 4) is 0 Å². The first-order valence-corrected chi connectivity index (χ1v) is 13.8. The highest BCUT2D eigenvalue weighted by Gasteiger charge is 2.45. The molecule has 7 heteroatoms. The molecule has 4 aromatic carbocycles. The Kier molecular flexibility index (Phi) is 9.82. The molecule has 0 aliphatic rings. The van der Waals surface area contributed by atoms with Crippen molar-refractivity contribution in [1.29, 1.82) is 0 Å². The Morgan fingerprint density at radius 2 is 1.20 bits per heavy atom. The van der Waals surface area contributed by atoms with Crippen LogP contribution in [0.4, 0.5) is 13.2 Å². The van der Waals surface area contributed by atoms with E-state index in [0.717, 1.165) is 47.6 Å². The fourth-order valence-corrected chi connectivity index (χ4v) is 4.69. The van der Waals surface area contributed by atoms with E-state index in [2.05, 4.69) is 0 Å². The predicted octanol–water partition coefficient (Wildman–Crippen LogP) is 8.82. The second-order valence-electron chi connectivity index (χ2n) is 10.1. The monoisotopic (exact) mass is 562 g/mol. The molecule has 0 radical (unpaired) electrons. The van der Waals surface area contributed by atoms with E-state index in [9.17, 15) is 22.8 Å². The first-order chi connectivity index (χ1) is 19.7. The lowest BCUT2D eigenvalue weighted by Gasteiger charge is -2.26. The van der Waals surface area contributed by atoms with Gasteiger partial charge in [0.2, 0.25) is 6.10 Å². The van der Waals surface area contributed by atoms with Gasteiger partial charge in [-0.25, -0.2) is 9.59 Å². The topological polar surface area (TPSA) is 52.6 Å². The van der Waals surface area contributed by atoms with E-state index in [0.29, 0.717) is 5.56 Å². The smallest absolute Gasteiger partial charge is 0.425 e. The average molecular weight is 563 g/mol. The van der Waals surface area contributed by atoms with E-state index in [1.807, 2.05) is 38.1 Å². The number of carbonyl (C=O) groups excluding carboxylic acids is 2. The number of ether oxygens (including phenoxy) is 2. The second-order valence-corrected chi connectivity index (χ2v) is 10.1. The van der Waals surface area contributed by atoms with Gasteiger partial charge in [-0.15, -0.1) is 0 Å². The summed E-state index contributed by atoms with van der Waals surface area (Å²) in [5.41, 5.74) is 2.63. The Morgan fingerprint density at radius 1 is 0.683 bits per heavy atom. The number of rotatable bonds is 11. The summed E-state index contributed by atoms with van der Waals surface area (Å²) >= 11 is 0. The zero-order valence-corrected chi connectivity index (χ0v) is 23.1. The Bertz CT molecular complexity index is 1460. The zero-order valence-electron chi connectivity index (χ0n) is 23.1. The van der Waals surface area contributed by atoms with Gasteiger partial charge in [0.05, 0.1) is 11.1 Å². The molecule has 0 saturated carbocycles. The summed E-state index contributed by atoms with van der Waals surface area (Å²) in [5, 5.41) is 1.67. The quantitative estimate of drug-likeness (QED) is 0.171. The third-order valence-corrected chi connectivity index (χ3v) is 6.89. The van der Waals surface area contributed by atoms with Crippen molar-refractivity contribution in [2.45, 2.75) is 64.3 Å². The van der Waals surface area contributed by atoms with Crippen LogP contribution in [0.5, 0.6) is 0 Å². The number of carbonyl (C=O) groups is 2. The number of benzene rings is 4. The summed E-state index contributed by atoms with van der Waals surface area (Å²) in [7, 11) is 0.